The van der Waals surface area contributed by atoms with Crippen LogP contribution in [0.3, 0.4) is 0 Å². The molecule has 0 aromatic heterocycles. The van der Waals surface area contributed by atoms with E-state index in [0.717, 1.165) is 39.0 Å². The number of rotatable bonds is 7. The van der Waals surface area contributed by atoms with Gasteiger partial charge in [-0.15, -0.1) is 0 Å². The van der Waals surface area contributed by atoms with Gasteiger partial charge >= 0.3 is 6.09 Å². The molecule has 1 amide bonds. The van der Waals surface area contributed by atoms with Crippen LogP contribution in [0.4, 0.5) is 4.79 Å². The lowest BCUT2D eigenvalue weighted by atomic mass is 9.91. The minimum absolute atomic E-state index is 0.0750. The lowest BCUT2D eigenvalue weighted by Crippen LogP contribution is -2.54. The van der Waals surface area contributed by atoms with Crippen molar-refractivity contribution in [1.82, 2.24) is 10.6 Å². The second-order valence-electron chi connectivity index (χ2n) is 7.31. The van der Waals surface area contributed by atoms with Crippen LogP contribution in [0.2, 0.25) is 0 Å². The van der Waals surface area contributed by atoms with Crippen LogP contribution in [0.5, 0.6) is 0 Å². The third-order valence-corrected chi connectivity index (χ3v) is 4.34. The van der Waals surface area contributed by atoms with E-state index in [0.29, 0.717) is 12.5 Å². The highest BCUT2D eigenvalue weighted by Crippen LogP contribution is 2.18. The number of carbonyl (C=O) groups excluding carboxylic acids is 1. The third kappa shape index (κ3) is 6.97. The SMILES string of the molecule is CCC(CC)(CNC(=O)OC(C)(C)C)NCC1CCCOC1. The Kier molecular flexibility index (Phi) is 7.63. The molecule has 2 N–H and O–H groups in total. The van der Waals surface area contributed by atoms with Gasteiger partial charge in [-0.3, -0.25) is 0 Å². The maximum Gasteiger partial charge on any atom is 0.407 e. The summed E-state index contributed by atoms with van der Waals surface area (Å²) in [5.41, 5.74) is -0.535. The van der Waals surface area contributed by atoms with E-state index in [4.69, 9.17) is 9.47 Å². The molecule has 1 saturated heterocycles. The molecule has 0 aromatic rings. The Hall–Kier alpha value is -0.810. The van der Waals surface area contributed by atoms with Crippen LogP contribution in [-0.4, -0.2) is 43.5 Å². The van der Waals surface area contributed by atoms with Crippen LogP contribution in [0, 0.1) is 5.92 Å². The van der Waals surface area contributed by atoms with Crippen LogP contribution in [0.25, 0.3) is 0 Å². The first-order valence-electron chi connectivity index (χ1n) is 8.60. The molecule has 0 spiro atoms. The molecular weight excluding hydrogens is 280 g/mol. The summed E-state index contributed by atoms with van der Waals surface area (Å²) in [5, 5.41) is 6.59. The van der Waals surface area contributed by atoms with Gasteiger partial charge in [0, 0.05) is 25.2 Å². The first-order valence-corrected chi connectivity index (χ1v) is 8.60. The molecule has 0 radical (unpaired) electrons. The number of carbonyl (C=O) groups is 1. The van der Waals surface area contributed by atoms with Gasteiger partial charge in [0.25, 0.3) is 0 Å². The topological polar surface area (TPSA) is 59.6 Å². The summed E-state index contributed by atoms with van der Waals surface area (Å²) in [4.78, 5) is 11.9. The van der Waals surface area contributed by atoms with Crippen molar-refractivity contribution in [2.75, 3.05) is 26.3 Å². The van der Waals surface area contributed by atoms with Gasteiger partial charge < -0.3 is 20.1 Å². The Balaban J connectivity index is 2.45. The molecule has 0 saturated carbocycles. The molecule has 0 aromatic carbocycles. The smallest absolute Gasteiger partial charge is 0.407 e. The van der Waals surface area contributed by atoms with Crippen LogP contribution < -0.4 is 10.6 Å². The number of alkyl carbamates (subject to hydrolysis) is 1. The van der Waals surface area contributed by atoms with Crippen LogP contribution in [0.15, 0.2) is 0 Å². The molecule has 1 rings (SSSR count). The average Bonchev–Trinajstić information content (AvgIpc) is 2.47. The molecule has 0 bridgehead atoms. The number of ether oxygens (including phenoxy) is 2. The molecule has 1 fully saturated rings. The minimum Gasteiger partial charge on any atom is -0.444 e. The average molecular weight is 314 g/mol. The van der Waals surface area contributed by atoms with Gasteiger partial charge in [0.2, 0.25) is 0 Å². The van der Waals surface area contributed by atoms with Crippen molar-refractivity contribution >= 4 is 6.09 Å². The molecule has 1 heterocycles. The van der Waals surface area contributed by atoms with Gasteiger partial charge in [0.05, 0.1) is 6.61 Å². The molecule has 0 aliphatic carbocycles. The molecule has 1 aliphatic heterocycles. The zero-order valence-corrected chi connectivity index (χ0v) is 15.0. The Morgan fingerprint density at radius 3 is 2.45 bits per heavy atom. The molecule has 5 nitrogen and oxygen atoms in total. The first-order chi connectivity index (χ1) is 10.3. The summed E-state index contributed by atoms with van der Waals surface area (Å²) in [6, 6.07) is 0. The maximum atomic E-state index is 11.9. The predicted molar refractivity (Wildman–Crippen MR) is 89.1 cm³/mol. The molecule has 1 unspecified atom stereocenters. The van der Waals surface area contributed by atoms with E-state index in [9.17, 15) is 4.79 Å². The Labute approximate surface area is 135 Å². The van der Waals surface area contributed by atoms with Crippen LogP contribution in [0.1, 0.15) is 60.3 Å². The summed E-state index contributed by atoms with van der Waals surface area (Å²) in [7, 11) is 0. The maximum absolute atomic E-state index is 11.9. The Morgan fingerprint density at radius 1 is 1.27 bits per heavy atom. The van der Waals surface area contributed by atoms with Crippen molar-refractivity contribution in [3.63, 3.8) is 0 Å². The highest BCUT2D eigenvalue weighted by Gasteiger charge is 2.28. The molecule has 22 heavy (non-hydrogen) atoms. The number of hydrogen-bond acceptors (Lipinski definition) is 4. The number of hydrogen-bond donors (Lipinski definition) is 2. The van der Waals surface area contributed by atoms with Gasteiger partial charge in [-0.25, -0.2) is 4.79 Å². The van der Waals surface area contributed by atoms with Crippen LogP contribution in [-0.2, 0) is 9.47 Å². The van der Waals surface area contributed by atoms with E-state index < -0.39 is 5.60 Å². The fraction of sp³-hybridized carbons (Fsp3) is 0.941. The standard InChI is InChI=1S/C17H34N2O3/c1-6-17(7-2,13-18-15(20)22-16(3,4)5)19-11-14-9-8-10-21-12-14/h14,19H,6-13H2,1-5H3,(H,18,20). The number of nitrogens with one attached hydrogen (secondary N) is 2. The second kappa shape index (κ2) is 8.73. The fourth-order valence-electron chi connectivity index (χ4n) is 2.70. The van der Waals surface area contributed by atoms with Crippen molar-refractivity contribution in [3.8, 4) is 0 Å². The Bertz CT molecular complexity index is 329. The third-order valence-electron chi connectivity index (χ3n) is 4.34. The highest BCUT2D eigenvalue weighted by molar-refractivity contribution is 5.67. The highest BCUT2D eigenvalue weighted by atomic mass is 16.6. The lowest BCUT2D eigenvalue weighted by Gasteiger charge is -2.36. The van der Waals surface area contributed by atoms with Gasteiger partial charge in [0.1, 0.15) is 5.60 Å². The van der Waals surface area contributed by atoms with E-state index in [-0.39, 0.29) is 11.6 Å². The zero-order valence-electron chi connectivity index (χ0n) is 15.0. The van der Waals surface area contributed by atoms with Gasteiger partial charge in [0.15, 0.2) is 0 Å². The first kappa shape index (κ1) is 19.2. The van der Waals surface area contributed by atoms with Crippen molar-refractivity contribution in [2.24, 2.45) is 5.92 Å². The van der Waals surface area contributed by atoms with E-state index in [1.165, 1.54) is 6.42 Å². The lowest BCUT2D eigenvalue weighted by molar-refractivity contribution is 0.0461. The summed E-state index contributed by atoms with van der Waals surface area (Å²) in [5.74, 6) is 0.577. The van der Waals surface area contributed by atoms with Gasteiger partial charge in [-0.2, -0.15) is 0 Å². The van der Waals surface area contributed by atoms with Crippen LogP contribution >= 0.6 is 0 Å². The van der Waals surface area contributed by atoms with E-state index in [1.807, 2.05) is 20.8 Å². The summed E-state index contributed by atoms with van der Waals surface area (Å²) in [6.45, 7) is 13.2. The van der Waals surface area contributed by atoms with Crippen molar-refractivity contribution in [1.29, 1.82) is 0 Å². The van der Waals surface area contributed by atoms with E-state index >= 15 is 0 Å². The normalized spacial score (nSPS) is 19.8. The van der Waals surface area contributed by atoms with Crippen molar-refractivity contribution < 1.29 is 14.3 Å². The largest absolute Gasteiger partial charge is 0.444 e. The predicted octanol–water partition coefficient (Wildman–Crippen LogP) is 3.09. The van der Waals surface area contributed by atoms with Crippen molar-refractivity contribution in [3.05, 3.63) is 0 Å². The monoisotopic (exact) mass is 314 g/mol. The molecular formula is C17H34N2O3. The van der Waals surface area contributed by atoms with E-state index in [1.54, 1.807) is 0 Å². The summed E-state index contributed by atoms with van der Waals surface area (Å²) >= 11 is 0. The summed E-state index contributed by atoms with van der Waals surface area (Å²) in [6.07, 6.45) is 3.95. The minimum atomic E-state index is -0.460. The Morgan fingerprint density at radius 2 is 1.95 bits per heavy atom. The molecule has 1 aliphatic rings. The molecule has 5 heteroatoms. The quantitative estimate of drug-likeness (QED) is 0.758. The second-order valence-corrected chi connectivity index (χ2v) is 7.31. The molecule has 130 valence electrons. The zero-order chi connectivity index (χ0) is 16.6. The van der Waals surface area contributed by atoms with E-state index in [2.05, 4.69) is 24.5 Å². The van der Waals surface area contributed by atoms with Gasteiger partial charge in [-0.1, -0.05) is 13.8 Å². The fourth-order valence-corrected chi connectivity index (χ4v) is 2.70. The molecule has 1 atom stereocenters. The van der Waals surface area contributed by atoms with Crippen molar-refractivity contribution in [2.45, 2.75) is 71.4 Å². The number of amides is 1. The summed E-state index contributed by atoms with van der Waals surface area (Å²) < 4.78 is 10.9. The van der Waals surface area contributed by atoms with Gasteiger partial charge in [-0.05, 0) is 52.4 Å².